The van der Waals surface area contributed by atoms with Crippen molar-refractivity contribution in [2.45, 2.75) is 38.1 Å². The van der Waals surface area contributed by atoms with E-state index in [2.05, 4.69) is 41.5 Å². The number of benzene rings is 1. The molecule has 0 radical (unpaired) electrons. The van der Waals surface area contributed by atoms with E-state index < -0.39 is 0 Å². The van der Waals surface area contributed by atoms with Gasteiger partial charge in [0.05, 0.1) is 0 Å². The van der Waals surface area contributed by atoms with E-state index in [4.69, 9.17) is 0 Å². The average Bonchev–Trinajstić information content (AvgIpc) is 2.48. The average molecular weight is 286 g/mol. The van der Waals surface area contributed by atoms with Gasteiger partial charge in [0.2, 0.25) is 5.91 Å². The molecular weight excluding hydrogens is 260 g/mol. The number of rotatable bonds is 6. The second-order valence-corrected chi connectivity index (χ2v) is 5.89. The highest BCUT2D eigenvalue weighted by Crippen LogP contribution is 2.08. The third-order valence-electron chi connectivity index (χ3n) is 3.92. The van der Waals surface area contributed by atoms with Crippen LogP contribution in [0.4, 0.5) is 0 Å². The number of hydrogen-bond acceptors (Lipinski definition) is 2. The summed E-state index contributed by atoms with van der Waals surface area (Å²) in [4.78, 5) is 14.1. The van der Waals surface area contributed by atoms with Crippen LogP contribution in [-0.4, -0.2) is 37.0 Å². The number of amides is 1. The molecule has 1 amide bonds. The molecule has 0 bridgehead atoms. The van der Waals surface area contributed by atoms with Gasteiger partial charge in [0.1, 0.15) is 0 Å². The van der Waals surface area contributed by atoms with Crippen molar-refractivity contribution in [3.63, 3.8) is 0 Å². The summed E-state index contributed by atoms with van der Waals surface area (Å²) in [6.07, 6.45) is 9.05. The maximum Gasteiger partial charge on any atom is 0.243 e. The SMILES string of the molecule is CN1CCCC(NC(=O)C=CCCCc2ccccc2)C1. The minimum Gasteiger partial charge on any atom is -0.349 e. The largest absolute Gasteiger partial charge is 0.349 e. The van der Waals surface area contributed by atoms with Gasteiger partial charge < -0.3 is 10.2 Å². The zero-order chi connectivity index (χ0) is 14.9. The summed E-state index contributed by atoms with van der Waals surface area (Å²) in [6.45, 7) is 2.11. The van der Waals surface area contributed by atoms with Crippen LogP contribution in [0.2, 0.25) is 0 Å². The summed E-state index contributed by atoms with van der Waals surface area (Å²) in [7, 11) is 2.11. The van der Waals surface area contributed by atoms with Gasteiger partial charge in [-0.1, -0.05) is 36.4 Å². The summed E-state index contributed by atoms with van der Waals surface area (Å²) in [5, 5.41) is 3.09. The monoisotopic (exact) mass is 286 g/mol. The predicted molar refractivity (Wildman–Crippen MR) is 87.2 cm³/mol. The second-order valence-electron chi connectivity index (χ2n) is 5.89. The number of carbonyl (C=O) groups is 1. The van der Waals surface area contributed by atoms with Crippen LogP contribution in [0.15, 0.2) is 42.5 Å². The van der Waals surface area contributed by atoms with E-state index in [9.17, 15) is 4.79 Å². The third-order valence-corrected chi connectivity index (χ3v) is 3.92. The van der Waals surface area contributed by atoms with Crippen LogP contribution in [0.1, 0.15) is 31.2 Å². The molecule has 1 aliphatic rings. The Bertz CT molecular complexity index is 456. The Labute approximate surface area is 128 Å². The molecular formula is C18H26N2O. The molecule has 2 rings (SSSR count). The van der Waals surface area contributed by atoms with E-state index in [1.165, 1.54) is 12.0 Å². The second kappa shape index (κ2) is 8.63. The fourth-order valence-electron chi connectivity index (χ4n) is 2.79. The molecule has 1 fully saturated rings. The van der Waals surface area contributed by atoms with Crippen molar-refractivity contribution >= 4 is 5.91 Å². The van der Waals surface area contributed by atoms with Crippen molar-refractivity contribution in [2.24, 2.45) is 0 Å². The summed E-state index contributed by atoms with van der Waals surface area (Å²) in [5.41, 5.74) is 1.36. The van der Waals surface area contributed by atoms with Gasteiger partial charge >= 0.3 is 0 Å². The van der Waals surface area contributed by atoms with E-state index >= 15 is 0 Å². The predicted octanol–water partition coefficient (Wildman–Crippen LogP) is 2.78. The van der Waals surface area contributed by atoms with Crippen molar-refractivity contribution in [3.05, 3.63) is 48.0 Å². The summed E-state index contributed by atoms with van der Waals surface area (Å²) >= 11 is 0. The zero-order valence-electron chi connectivity index (χ0n) is 12.9. The van der Waals surface area contributed by atoms with Crippen molar-refractivity contribution in [2.75, 3.05) is 20.1 Å². The molecule has 1 saturated heterocycles. The number of likely N-dealkylation sites (tertiary alicyclic amines) is 1. The minimum atomic E-state index is 0.0509. The van der Waals surface area contributed by atoms with E-state index in [0.717, 1.165) is 38.8 Å². The molecule has 0 aliphatic carbocycles. The topological polar surface area (TPSA) is 32.3 Å². The quantitative estimate of drug-likeness (QED) is 0.644. The Balaban J connectivity index is 1.61. The fourth-order valence-corrected chi connectivity index (χ4v) is 2.79. The standard InChI is InChI=1S/C18H26N2O/c1-20-14-8-12-17(15-20)19-18(21)13-7-3-6-11-16-9-4-2-5-10-16/h2,4-5,7,9-10,13,17H,3,6,8,11-12,14-15H2,1H3,(H,19,21). The van der Waals surface area contributed by atoms with Gasteiger partial charge in [0.15, 0.2) is 0 Å². The summed E-state index contributed by atoms with van der Waals surface area (Å²) in [6, 6.07) is 10.8. The Kier molecular flexibility index (Phi) is 6.48. The normalized spacial score (nSPS) is 19.8. The Morgan fingerprint density at radius 2 is 2.19 bits per heavy atom. The Morgan fingerprint density at radius 1 is 1.38 bits per heavy atom. The first-order valence-electron chi connectivity index (χ1n) is 7.93. The lowest BCUT2D eigenvalue weighted by atomic mass is 10.1. The molecule has 1 unspecified atom stereocenters. The first-order chi connectivity index (χ1) is 10.2. The van der Waals surface area contributed by atoms with Gasteiger partial charge in [0, 0.05) is 12.6 Å². The Hall–Kier alpha value is -1.61. The molecule has 114 valence electrons. The van der Waals surface area contributed by atoms with Crippen LogP contribution in [0, 0.1) is 0 Å². The molecule has 1 heterocycles. The highest BCUT2D eigenvalue weighted by molar-refractivity contribution is 5.87. The molecule has 0 aromatic heterocycles. The maximum absolute atomic E-state index is 11.8. The van der Waals surface area contributed by atoms with Crippen LogP contribution < -0.4 is 5.32 Å². The summed E-state index contributed by atoms with van der Waals surface area (Å²) < 4.78 is 0. The van der Waals surface area contributed by atoms with Crippen molar-refractivity contribution < 1.29 is 4.79 Å². The number of carbonyl (C=O) groups excluding carboxylic acids is 1. The lowest BCUT2D eigenvalue weighted by Gasteiger charge is -2.29. The molecule has 3 nitrogen and oxygen atoms in total. The fraction of sp³-hybridized carbons (Fsp3) is 0.500. The first kappa shape index (κ1) is 15.8. The number of hydrogen-bond donors (Lipinski definition) is 1. The number of nitrogens with zero attached hydrogens (tertiary/aromatic N) is 1. The number of aryl methyl sites for hydroxylation is 1. The van der Waals surface area contributed by atoms with Gasteiger partial charge in [-0.25, -0.2) is 0 Å². The lowest BCUT2D eigenvalue weighted by Crippen LogP contribution is -2.45. The number of allylic oxidation sites excluding steroid dienone is 1. The smallest absolute Gasteiger partial charge is 0.243 e. The van der Waals surface area contributed by atoms with Gasteiger partial charge in [-0.15, -0.1) is 0 Å². The minimum absolute atomic E-state index is 0.0509. The van der Waals surface area contributed by atoms with Crippen LogP contribution in [0.5, 0.6) is 0 Å². The molecule has 1 N–H and O–H groups in total. The first-order valence-corrected chi connectivity index (χ1v) is 7.93. The van der Waals surface area contributed by atoms with E-state index in [1.807, 2.05) is 12.1 Å². The van der Waals surface area contributed by atoms with Gasteiger partial charge in [-0.05, 0) is 57.3 Å². The zero-order valence-corrected chi connectivity index (χ0v) is 12.9. The van der Waals surface area contributed by atoms with Gasteiger partial charge in [-0.3, -0.25) is 4.79 Å². The molecule has 0 saturated carbocycles. The highest BCUT2D eigenvalue weighted by Gasteiger charge is 2.17. The molecule has 21 heavy (non-hydrogen) atoms. The van der Waals surface area contributed by atoms with E-state index in [0.29, 0.717) is 6.04 Å². The Morgan fingerprint density at radius 3 is 2.95 bits per heavy atom. The van der Waals surface area contributed by atoms with E-state index in [1.54, 1.807) is 6.08 Å². The van der Waals surface area contributed by atoms with Crippen LogP contribution >= 0.6 is 0 Å². The summed E-state index contributed by atoms with van der Waals surface area (Å²) in [5.74, 6) is 0.0509. The molecule has 3 heteroatoms. The number of piperidine rings is 1. The van der Waals surface area contributed by atoms with Gasteiger partial charge in [0.25, 0.3) is 0 Å². The van der Waals surface area contributed by atoms with Crippen LogP contribution in [-0.2, 0) is 11.2 Å². The molecule has 1 atom stereocenters. The molecule has 1 aromatic rings. The van der Waals surface area contributed by atoms with E-state index in [-0.39, 0.29) is 5.91 Å². The maximum atomic E-state index is 11.8. The van der Waals surface area contributed by atoms with Gasteiger partial charge in [-0.2, -0.15) is 0 Å². The van der Waals surface area contributed by atoms with Crippen molar-refractivity contribution in [3.8, 4) is 0 Å². The van der Waals surface area contributed by atoms with Crippen LogP contribution in [0.25, 0.3) is 0 Å². The third kappa shape index (κ3) is 6.13. The van der Waals surface area contributed by atoms with Crippen molar-refractivity contribution in [1.82, 2.24) is 10.2 Å². The lowest BCUT2D eigenvalue weighted by molar-refractivity contribution is -0.117. The van der Waals surface area contributed by atoms with Crippen LogP contribution in [0.3, 0.4) is 0 Å². The molecule has 1 aromatic carbocycles. The molecule has 1 aliphatic heterocycles. The number of likely N-dealkylation sites (N-methyl/N-ethyl adjacent to an activating group) is 1. The van der Waals surface area contributed by atoms with Crippen molar-refractivity contribution in [1.29, 1.82) is 0 Å². The highest BCUT2D eigenvalue weighted by atomic mass is 16.1. The number of nitrogens with one attached hydrogen (secondary N) is 1. The number of unbranched alkanes of at least 4 members (excludes halogenated alkanes) is 1. The molecule has 0 spiro atoms.